The van der Waals surface area contributed by atoms with Gasteiger partial charge in [0.2, 0.25) is 5.79 Å². The molecule has 1 aliphatic rings. The van der Waals surface area contributed by atoms with E-state index >= 15 is 0 Å². The van der Waals surface area contributed by atoms with Crippen molar-refractivity contribution in [1.29, 1.82) is 0 Å². The molecule has 1 saturated carbocycles. The summed E-state index contributed by atoms with van der Waals surface area (Å²) < 4.78 is 10.7. The Morgan fingerprint density at radius 3 is 2.53 bits per heavy atom. The first kappa shape index (κ1) is 12.7. The molecular formula is C10H18ClNO3. The molecule has 88 valence electrons. The molecule has 1 fully saturated rings. The van der Waals surface area contributed by atoms with E-state index in [0.29, 0.717) is 12.1 Å². The van der Waals surface area contributed by atoms with Crippen molar-refractivity contribution >= 4 is 17.3 Å². The summed E-state index contributed by atoms with van der Waals surface area (Å²) >= 11 is 6.25. The van der Waals surface area contributed by atoms with Gasteiger partial charge in [0.1, 0.15) is 5.71 Å². The second-order valence-corrected chi connectivity index (χ2v) is 4.22. The van der Waals surface area contributed by atoms with Gasteiger partial charge in [-0.15, -0.1) is 11.6 Å². The van der Waals surface area contributed by atoms with Crippen LogP contribution in [-0.4, -0.2) is 36.3 Å². The van der Waals surface area contributed by atoms with Crippen molar-refractivity contribution in [2.24, 2.45) is 5.16 Å². The fourth-order valence-electron chi connectivity index (χ4n) is 2.03. The van der Waals surface area contributed by atoms with Gasteiger partial charge in [-0.05, 0) is 19.3 Å². The highest BCUT2D eigenvalue weighted by Crippen LogP contribution is 2.32. The number of oxime groups is 1. The third-order valence-electron chi connectivity index (χ3n) is 2.91. The van der Waals surface area contributed by atoms with Gasteiger partial charge in [0.15, 0.2) is 0 Å². The van der Waals surface area contributed by atoms with Crippen LogP contribution in [0.5, 0.6) is 0 Å². The molecule has 1 atom stereocenters. The maximum Gasteiger partial charge on any atom is 0.228 e. The fourth-order valence-corrected chi connectivity index (χ4v) is 2.49. The van der Waals surface area contributed by atoms with Crippen molar-refractivity contribution in [3.8, 4) is 0 Å². The topological polar surface area (TPSA) is 51.0 Å². The zero-order chi connectivity index (χ0) is 11.3. The number of halogens is 1. The van der Waals surface area contributed by atoms with Crippen LogP contribution in [0.25, 0.3) is 0 Å². The van der Waals surface area contributed by atoms with E-state index in [2.05, 4.69) is 5.16 Å². The Morgan fingerprint density at radius 1 is 1.33 bits per heavy atom. The van der Waals surface area contributed by atoms with Crippen molar-refractivity contribution in [2.75, 3.05) is 14.2 Å². The number of nitrogens with zero attached hydrogens (tertiary/aromatic N) is 1. The summed E-state index contributed by atoms with van der Waals surface area (Å²) in [7, 11) is 3.04. The molecule has 0 aromatic heterocycles. The molecule has 0 radical (unpaired) electrons. The van der Waals surface area contributed by atoms with Gasteiger partial charge in [0.05, 0.1) is 5.38 Å². The van der Waals surface area contributed by atoms with Crippen molar-refractivity contribution in [1.82, 2.24) is 0 Å². The normalized spacial score (nSPS) is 29.8. The van der Waals surface area contributed by atoms with Crippen LogP contribution in [0.3, 0.4) is 0 Å². The number of hydrogen-bond acceptors (Lipinski definition) is 4. The third kappa shape index (κ3) is 2.44. The SMILES string of the molecule is COC1(OC)C(=NO)CCCCCC1Cl. The first-order valence-electron chi connectivity index (χ1n) is 5.17. The van der Waals surface area contributed by atoms with Gasteiger partial charge >= 0.3 is 0 Å². The molecule has 0 aromatic carbocycles. The Labute approximate surface area is 95.2 Å². The van der Waals surface area contributed by atoms with E-state index < -0.39 is 5.79 Å². The van der Waals surface area contributed by atoms with Crippen LogP contribution in [-0.2, 0) is 9.47 Å². The predicted molar refractivity (Wildman–Crippen MR) is 58.7 cm³/mol. The molecular weight excluding hydrogens is 218 g/mol. The zero-order valence-electron chi connectivity index (χ0n) is 9.20. The maximum atomic E-state index is 8.99. The molecule has 1 N–H and O–H groups in total. The Kier molecular flexibility index (Phi) is 4.83. The standard InChI is InChI=1S/C10H18ClNO3/c1-14-10(15-2)8(11)6-4-3-5-7-9(10)12-13/h8,13H,3-7H2,1-2H3. The van der Waals surface area contributed by atoms with E-state index in [1.807, 2.05) is 0 Å². The van der Waals surface area contributed by atoms with Crippen molar-refractivity contribution in [2.45, 2.75) is 43.3 Å². The van der Waals surface area contributed by atoms with E-state index in [4.69, 9.17) is 26.3 Å². The van der Waals surface area contributed by atoms with Crippen LogP contribution in [0.1, 0.15) is 32.1 Å². The van der Waals surface area contributed by atoms with Crippen LogP contribution >= 0.6 is 11.6 Å². The lowest BCUT2D eigenvalue weighted by Gasteiger charge is -2.36. The van der Waals surface area contributed by atoms with Gasteiger partial charge in [-0.25, -0.2) is 0 Å². The van der Waals surface area contributed by atoms with Gasteiger partial charge in [-0.1, -0.05) is 18.0 Å². The Morgan fingerprint density at radius 2 is 2.00 bits per heavy atom. The minimum atomic E-state index is -1.07. The first-order chi connectivity index (χ1) is 7.21. The first-order valence-corrected chi connectivity index (χ1v) is 5.60. The highest BCUT2D eigenvalue weighted by Gasteiger charge is 2.44. The summed E-state index contributed by atoms with van der Waals surface area (Å²) in [4.78, 5) is 0. The van der Waals surface area contributed by atoms with E-state index in [0.717, 1.165) is 25.7 Å². The minimum absolute atomic E-state index is 0.321. The molecule has 15 heavy (non-hydrogen) atoms. The summed E-state index contributed by atoms with van der Waals surface area (Å²) in [5.74, 6) is -1.07. The molecule has 5 heteroatoms. The molecule has 1 rings (SSSR count). The summed E-state index contributed by atoms with van der Waals surface area (Å²) in [6, 6.07) is 0. The average Bonchev–Trinajstić information content (AvgIpc) is 2.25. The van der Waals surface area contributed by atoms with E-state index in [1.165, 1.54) is 14.2 Å². The van der Waals surface area contributed by atoms with Crippen LogP contribution in [0, 0.1) is 0 Å². The molecule has 0 saturated heterocycles. The second-order valence-electron chi connectivity index (χ2n) is 3.69. The van der Waals surface area contributed by atoms with Crippen molar-refractivity contribution in [3.05, 3.63) is 0 Å². The Balaban J connectivity index is 2.97. The minimum Gasteiger partial charge on any atom is -0.411 e. The van der Waals surface area contributed by atoms with Gasteiger partial charge in [-0.3, -0.25) is 0 Å². The molecule has 0 bridgehead atoms. The number of ether oxygens (including phenoxy) is 2. The van der Waals surface area contributed by atoms with Crippen LogP contribution in [0.4, 0.5) is 0 Å². The van der Waals surface area contributed by atoms with E-state index in [1.54, 1.807) is 0 Å². The smallest absolute Gasteiger partial charge is 0.228 e. The predicted octanol–water partition coefficient (Wildman–Crippen LogP) is 2.38. The van der Waals surface area contributed by atoms with Crippen molar-refractivity contribution < 1.29 is 14.7 Å². The molecule has 1 unspecified atom stereocenters. The number of alkyl halides is 1. The summed E-state index contributed by atoms with van der Waals surface area (Å²) in [5.41, 5.74) is 0.479. The molecule has 0 aromatic rings. The van der Waals surface area contributed by atoms with Crippen LogP contribution in [0.15, 0.2) is 5.16 Å². The van der Waals surface area contributed by atoms with Crippen molar-refractivity contribution in [3.63, 3.8) is 0 Å². The molecule has 0 spiro atoms. The van der Waals surface area contributed by atoms with E-state index in [-0.39, 0.29) is 5.38 Å². The van der Waals surface area contributed by atoms with Gasteiger partial charge in [0, 0.05) is 14.2 Å². The second kappa shape index (κ2) is 5.68. The number of rotatable bonds is 2. The molecule has 0 aliphatic heterocycles. The lowest BCUT2D eigenvalue weighted by atomic mass is 9.93. The summed E-state index contributed by atoms with van der Waals surface area (Å²) in [6.45, 7) is 0. The third-order valence-corrected chi connectivity index (χ3v) is 3.42. The van der Waals surface area contributed by atoms with Crippen LogP contribution < -0.4 is 0 Å². The van der Waals surface area contributed by atoms with Gasteiger partial charge < -0.3 is 14.7 Å². The van der Waals surface area contributed by atoms with Crippen LogP contribution in [0.2, 0.25) is 0 Å². The lowest BCUT2D eigenvalue weighted by Crippen LogP contribution is -2.51. The Bertz CT molecular complexity index is 229. The van der Waals surface area contributed by atoms with Gasteiger partial charge in [0.25, 0.3) is 0 Å². The highest BCUT2D eigenvalue weighted by molar-refractivity contribution is 6.23. The summed E-state index contributed by atoms with van der Waals surface area (Å²) in [6.07, 6.45) is 4.55. The Hall–Kier alpha value is -0.320. The quantitative estimate of drug-likeness (QED) is 0.346. The molecule has 4 nitrogen and oxygen atoms in total. The van der Waals surface area contributed by atoms with Gasteiger partial charge in [-0.2, -0.15) is 0 Å². The lowest BCUT2D eigenvalue weighted by molar-refractivity contribution is -0.158. The highest BCUT2D eigenvalue weighted by atomic mass is 35.5. The fraction of sp³-hybridized carbons (Fsp3) is 0.900. The number of hydrogen-bond donors (Lipinski definition) is 1. The largest absolute Gasteiger partial charge is 0.411 e. The number of methoxy groups -OCH3 is 2. The molecule has 0 amide bonds. The summed E-state index contributed by atoms with van der Waals surface area (Å²) in [5, 5.41) is 11.9. The van der Waals surface area contributed by atoms with E-state index in [9.17, 15) is 0 Å². The zero-order valence-corrected chi connectivity index (χ0v) is 9.96. The maximum absolute atomic E-state index is 8.99. The average molecular weight is 236 g/mol. The molecule has 0 heterocycles. The monoisotopic (exact) mass is 235 g/mol. The molecule has 1 aliphatic carbocycles.